The number of ketones is 1. The lowest BCUT2D eigenvalue weighted by Gasteiger charge is -2.10. The third-order valence-electron chi connectivity index (χ3n) is 3.49. The lowest BCUT2D eigenvalue weighted by molar-refractivity contribution is 0.104. The zero-order chi connectivity index (χ0) is 16.2. The Balaban J connectivity index is 1.72. The van der Waals surface area contributed by atoms with Gasteiger partial charge in [0, 0.05) is 5.56 Å². The Hall–Kier alpha value is -2.46. The topological polar surface area (TPSA) is 26.3 Å². The molecule has 0 amide bonds. The number of carbonyl (C=O) groups excluding carboxylic acids is 1. The zero-order valence-electron chi connectivity index (χ0n) is 12.6. The lowest BCUT2D eigenvalue weighted by Crippen LogP contribution is -2.01. The van der Waals surface area contributed by atoms with Gasteiger partial charge in [0.15, 0.2) is 0 Å². The van der Waals surface area contributed by atoms with Gasteiger partial charge in [-0.3, -0.25) is 4.79 Å². The van der Waals surface area contributed by atoms with Crippen LogP contribution in [-0.2, 0) is 6.61 Å². The average Bonchev–Trinajstić information content (AvgIpc) is 3.09. The largest absolute Gasteiger partial charge is 0.489 e. The van der Waals surface area contributed by atoms with Crippen molar-refractivity contribution in [2.75, 3.05) is 0 Å². The molecule has 0 saturated carbocycles. The van der Waals surface area contributed by atoms with Crippen LogP contribution < -0.4 is 4.74 Å². The van der Waals surface area contributed by atoms with Crippen LogP contribution in [0.1, 0.15) is 26.4 Å². The first kappa shape index (κ1) is 15.4. The molecule has 0 spiro atoms. The van der Waals surface area contributed by atoms with E-state index in [0.29, 0.717) is 12.2 Å². The molecule has 0 fully saturated rings. The summed E-state index contributed by atoms with van der Waals surface area (Å²) in [6, 6.07) is 15.3. The Labute approximate surface area is 138 Å². The van der Waals surface area contributed by atoms with E-state index in [4.69, 9.17) is 4.74 Å². The fraction of sp³-hybridized carbons (Fsp3) is 0.105. The van der Waals surface area contributed by atoms with Gasteiger partial charge in [0.1, 0.15) is 18.2 Å². The standard InChI is InChI=1S/C19H15FO2S/c1-13-11-15(19(21)18-3-2-10-23-18)6-9-17(13)22-12-14-4-7-16(20)8-5-14/h2-11H,12H2,1H3. The smallest absolute Gasteiger partial charge is 0.202 e. The Kier molecular flexibility index (Phi) is 4.53. The predicted octanol–water partition coefficient (Wildman–Crippen LogP) is 5.01. The molecule has 1 heterocycles. The summed E-state index contributed by atoms with van der Waals surface area (Å²) in [5, 5.41) is 1.89. The highest BCUT2D eigenvalue weighted by atomic mass is 32.1. The van der Waals surface area contributed by atoms with E-state index in [-0.39, 0.29) is 11.6 Å². The Morgan fingerprint density at radius 2 is 1.91 bits per heavy atom. The molecule has 3 aromatic rings. The molecule has 1 aromatic heterocycles. The number of hydrogen-bond acceptors (Lipinski definition) is 3. The number of benzene rings is 2. The van der Waals surface area contributed by atoms with Gasteiger partial charge in [-0.25, -0.2) is 4.39 Å². The molecule has 0 aliphatic rings. The molecule has 23 heavy (non-hydrogen) atoms. The minimum absolute atomic E-state index is 0.0215. The van der Waals surface area contributed by atoms with Crippen LogP contribution in [0.4, 0.5) is 4.39 Å². The van der Waals surface area contributed by atoms with E-state index in [2.05, 4.69) is 0 Å². The normalized spacial score (nSPS) is 10.5. The molecule has 3 rings (SSSR count). The Bertz CT molecular complexity index is 808. The van der Waals surface area contributed by atoms with Crippen LogP contribution in [0.5, 0.6) is 5.75 Å². The highest BCUT2D eigenvalue weighted by Gasteiger charge is 2.11. The maximum Gasteiger partial charge on any atom is 0.202 e. The van der Waals surface area contributed by atoms with Crippen LogP contribution in [0.3, 0.4) is 0 Å². The SMILES string of the molecule is Cc1cc(C(=O)c2cccs2)ccc1OCc1ccc(F)cc1. The summed E-state index contributed by atoms with van der Waals surface area (Å²) in [4.78, 5) is 13.0. The van der Waals surface area contributed by atoms with E-state index < -0.39 is 0 Å². The van der Waals surface area contributed by atoms with Gasteiger partial charge in [0.25, 0.3) is 0 Å². The quantitative estimate of drug-likeness (QED) is 0.616. The number of hydrogen-bond donors (Lipinski definition) is 0. The van der Waals surface area contributed by atoms with Crippen molar-refractivity contribution in [2.45, 2.75) is 13.5 Å². The van der Waals surface area contributed by atoms with Gasteiger partial charge in [-0.15, -0.1) is 11.3 Å². The average molecular weight is 326 g/mol. The van der Waals surface area contributed by atoms with Crippen molar-refractivity contribution in [1.29, 1.82) is 0 Å². The van der Waals surface area contributed by atoms with Crippen LogP contribution in [0.15, 0.2) is 60.0 Å². The molecule has 0 radical (unpaired) electrons. The highest BCUT2D eigenvalue weighted by Crippen LogP contribution is 2.23. The molecule has 0 saturated heterocycles. The summed E-state index contributed by atoms with van der Waals surface area (Å²) in [5.74, 6) is 0.478. The molecule has 0 atom stereocenters. The summed E-state index contributed by atoms with van der Waals surface area (Å²) in [5.41, 5.74) is 2.44. The summed E-state index contributed by atoms with van der Waals surface area (Å²) < 4.78 is 18.6. The molecule has 0 aliphatic carbocycles. The first-order valence-electron chi connectivity index (χ1n) is 7.19. The Morgan fingerprint density at radius 3 is 2.57 bits per heavy atom. The minimum Gasteiger partial charge on any atom is -0.489 e. The van der Waals surface area contributed by atoms with Gasteiger partial charge in [0.2, 0.25) is 5.78 Å². The van der Waals surface area contributed by atoms with E-state index in [1.165, 1.54) is 23.5 Å². The van der Waals surface area contributed by atoms with Crippen LogP contribution >= 0.6 is 11.3 Å². The number of carbonyl (C=O) groups is 1. The maximum absolute atomic E-state index is 12.9. The van der Waals surface area contributed by atoms with Gasteiger partial charge < -0.3 is 4.74 Å². The second kappa shape index (κ2) is 6.75. The van der Waals surface area contributed by atoms with Gasteiger partial charge in [-0.2, -0.15) is 0 Å². The first-order valence-corrected chi connectivity index (χ1v) is 8.07. The van der Waals surface area contributed by atoms with E-state index in [9.17, 15) is 9.18 Å². The maximum atomic E-state index is 12.9. The second-order valence-corrected chi connectivity index (χ2v) is 6.15. The fourth-order valence-corrected chi connectivity index (χ4v) is 2.93. The molecule has 0 unspecified atom stereocenters. The number of thiophene rings is 1. The number of rotatable bonds is 5. The van der Waals surface area contributed by atoms with E-state index in [0.717, 1.165) is 21.8 Å². The van der Waals surface area contributed by atoms with Crippen molar-refractivity contribution in [3.8, 4) is 5.75 Å². The molecule has 4 heteroatoms. The molecule has 116 valence electrons. The van der Waals surface area contributed by atoms with E-state index in [1.807, 2.05) is 30.5 Å². The summed E-state index contributed by atoms with van der Waals surface area (Å²) in [6.45, 7) is 2.27. The summed E-state index contributed by atoms with van der Waals surface area (Å²) in [7, 11) is 0. The fourth-order valence-electron chi connectivity index (χ4n) is 2.24. The van der Waals surface area contributed by atoms with Gasteiger partial charge in [0.05, 0.1) is 4.88 Å². The van der Waals surface area contributed by atoms with Crippen molar-refractivity contribution >= 4 is 17.1 Å². The minimum atomic E-state index is -0.263. The van der Waals surface area contributed by atoms with E-state index >= 15 is 0 Å². The van der Waals surface area contributed by atoms with Crippen molar-refractivity contribution in [3.05, 3.63) is 87.4 Å². The van der Waals surface area contributed by atoms with Gasteiger partial charge >= 0.3 is 0 Å². The van der Waals surface area contributed by atoms with Crippen LogP contribution in [-0.4, -0.2) is 5.78 Å². The van der Waals surface area contributed by atoms with Gasteiger partial charge in [-0.05, 0) is 59.8 Å². The first-order chi connectivity index (χ1) is 11.1. The van der Waals surface area contributed by atoms with Crippen LogP contribution in [0.2, 0.25) is 0 Å². The predicted molar refractivity (Wildman–Crippen MR) is 89.7 cm³/mol. The molecule has 0 N–H and O–H groups in total. The summed E-state index contributed by atoms with van der Waals surface area (Å²) in [6.07, 6.45) is 0. The van der Waals surface area contributed by atoms with Gasteiger partial charge in [-0.1, -0.05) is 18.2 Å². The van der Waals surface area contributed by atoms with Crippen LogP contribution in [0, 0.1) is 12.7 Å². The second-order valence-electron chi connectivity index (χ2n) is 5.20. The molecular formula is C19H15FO2S. The third-order valence-corrected chi connectivity index (χ3v) is 4.36. The monoisotopic (exact) mass is 326 g/mol. The van der Waals surface area contributed by atoms with Crippen molar-refractivity contribution in [1.82, 2.24) is 0 Å². The van der Waals surface area contributed by atoms with E-state index in [1.54, 1.807) is 24.3 Å². The number of aryl methyl sites for hydroxylation is 1. The lowest BCUT2D eigenvalue weighted by atomic mass is 10.1. The Morgan fingerprint density at radius 1 is 1.13 bits per heavy atom. The zero-order valence-corrected chi connectivity index (χ0v) is 13.4. The molecular weight excluding hydrogens is 311 g/mol. The highest BCUT2D eigenvalue weighted by molar-refractivity contribution is 7.12. The van der Waals surface area contributed by atoms with Crippen LogP contribution in [0.25, 0.3) is 0 Å². The van der Waals surface area contributed by atoms with Crippen molar-refractivity contribution < 1.29 is 13.9 Å². The molecule has 0 bridgehead atoms. The van der Waals surface area contributed by atoms with Crippen molar-refractivity contribution in [3.63, 3.8) is 0 Å². The third kappa shape index (κ3) is 3.66. The molecule has 2 nitrogen and oxygen atoms in total. The molecule has 2 aromatic carbocycles. The molecule has 0 aliphatic heterocycles. The number of halogens is 1. The summed E-state index contributed by atoms with van der Waals surface area (Å²) >= 11 is 1.43. The number of ether oxygens (including phenoxy) is 1. The van der Waals surface area contributed by atoms with Crippen molar-refractivity contribution in [2.24, 2.45) is 0 Å².